The van der Waals surface area contributed by atoms with E-state index in [9.17, 15) is 4.79 Å². The van der Waals surface area contributed by atoms with Crippen LogP contribution in [0.1, 0.15) is 25.2 Å². The minimum absolute atomic E-state index is 0.130. The first-order chi connectivity index (χ1) is 8.43. The van der Waals surface area contributed by atoms with Gasteiger partial charge in [0.1, 0.15) is 11.6 Å². The maximum absolute atomic E-state index is 11.8. The van der Waals surface area contributed by atoms with Crippen LogP contribution in [-0.4, -0.2) is 18.0 Å². The Kier molecular flexibility index (Phi) is 6.14. The summed E-state index contributed by atoms with van der Waals surface area (Å²) in [5.74, 6) is 0.937. The number of hydrogen-bond donors (Lipinski definition) is 0. The van der Waals surface area contributed by atoms with Crippen molar-refractivity contribution in [3.05, 3.63) is 21.7 Å². The van der Waals surface area contributed by atoms with Crippen molar-refractivity contribution in [1.82, 2.24) is 4.74 Å². The molecule has 0 radical (unpaired) electrons. The van der Waals surface area contributed by atoms with Gasteiger partial charge in [-0.1, -0.05) is 0 Å². The summed E-state index contributed by atoms with van der Waals surface area (Å²) in [4.78, 5) is 11.8. The van der Waals surface area contributed by atoms with Crippen LogP contribution in [0.25, 0.3) is 0 Å². The quantitative estimate of drug-likeness (QED) is 0.721. The zero-order valence-corrected chi connectivity index (χ0v) is 13.5. The van der Waals surface area contributed by atoms with Crippen molar-refractivity contribution in [3.63, 3.8) is 0 Å². The maximum atomic E-state index is 11.8. The Bertz CT molecular complexity index is 487. The van der Waals surface area contributed by atoms with Crippen LogP contribution in [0.5, 0.6) is 0 Å². The van der Waals surface area contributed by atoms with Gasteiger partial charge in [0.15, 0.2) is 0 Å². The molecular formula is C10H18NO4PS2. The van der Waals surface area contributed by atoms with Crippen LogP contribution >= 0.6 is 17.1 Å². The first kappa shape index (κ1) is 16.0. The molecule has 0 fully saturated rings. The van der Waals surface area contributed by atoms with Crippen molar-refractivity contribution < 1.29 is 13.6 Å². The van der Waals surface area contributed by atoms with Crippen molar-refractivity contribution in [3.8, 4) is 0 Å². The molecule has 18 heavy (non-hydrogen) atoms. The van der Waals surface area contributed by atoms with Gasteiger partial charge in [0.2, 0.25) is 5.69 Å². The summed E-state index contributed by atoms with van der Waals surface area (Å²) < 4.78 is 17.6. The molecule has 1 rings (SSSR count). The first-order valence-corrected chi connectivity index (χ1v) is 9.87. The van der Waals surface area contributed by atoms with E-state index in [1.807, 2.05) is 13.8 Å². The highest BCUT2D eigenvalue weighted by molar-refractivity contribution is 8.67. The van der Waals surface area contributed by atoms with Crippen LogP contribution in [0.15, 0.2) is 9.32 Å². The molecule has 1 heterocycles. The van der Waals surface area contributed by atoms with Crippen molar-refractivity contribution in [1.29, 1.82) is 0 Å². The summed E-state index contributed by atoms with van der Waals surface area (Å²) in [6.07, 6.45) is 0. The SMILES string of the molecule is CCOP(=S)(OCC)SCn1oc(C)c(C)c1=O. The number of aryl methyl sites for hydroxylation is 1. The van der Waals surface area contributed by atoms with Gasteiger partial charge < -0.3 is 13.6 Å². The Morgan fingerprint density at radius 3 is 2.28 bits per heavy atom. The number of aromatic nitrogens is 1. The predicted octanol–water partition coefficient (Wildman–Crippen LogP) is 3.05. The molecule has 0 aliphatic carbocycles. The molecule has 1 aromatic rings. The van der Waals surface area contributed by atoms with Crippen molar-refractivity contribution in [2.75, 3.05) is 13.2 Å². The Morgan fingerprint density at radius 2 is 1.89 bits per heavy atom. The fourth-order valence-corrected chi connectivity index (χ4v) is 5.40. The zero-order valence-electron chi connectivity index (χ0n) is 11.0. The molecule has 8 heteroatoms. The molecule has 0 N–H and O–H groups in total. The average molecular weight is 311 g/mol. The fourth-order valence-electron chi connectivity index (χ4n) is 1.25. The summed E-state index contributed by atoms with van der Waals surface area (Å²) in [7, 11) is 0. The van der Waals surface area contributed by atoms with Gasteiger partial charge in [-0.3, -0.25) is 4.79 Å². The van der Waals surface area contributed by atoms with Crippen LogP contribution in [0, 0.1) is 13.8 Å². The van der Waals surface area contributed by atoms with Crippen LogP contribution in [0.3, 0.4) is 0 Å². The van der Waals surface area contributed by atoms with Crippen molar-refractivity contribution in [2.45, 2.75) is 33.6 Å². The number of rotatable bonds is 7. The minimum atomic E-state index is -2.38. The molecule has 0 amide bonds. The first-order valence-electron chi connectivity index (χ1n) is 5.64. The lowest BCUT2D eigenvalue weighted by atomic mass is 10.3. The predicted molar refractivity (Wildman–Crippen MR) is 77.6 cm³/mol. The molecule has 0 saturated heterocycles. The molecule has 0 aromatic carbocycles. The molecule has 0 saturated carbocycles. The van der Waals surface area contributed by atoms with E-state index in [0.717, 1.165) is 0 Å². The van der Waals surface area contributed by atoms with E-state index in [0.29, 0.717) is 30.4 Å². The second kappa shape index (κ2) is 6.91. The molecule has 0 unspecified atom stereocenters. The molecule has 0 aliphatic heterocycles. The molecular weight excluding hydrogens is 293 g/mol. The molecule has 0 aliphatic rings. The smallest absolute Gasteiger partial charge is 0.286 e. The zero-order chi connectivity index (χ0) is 13.8. The minimum Gasteiger partial charge on any atom is -0.380 e. The normalized spacial score (nSPS) is 12.0. The van der Waals surface area contributed by atoms with E-state index in [-0.39, 0.29) is 5.56 Å². The summed E-state index contributed by atoms with van der Waals surface area (Å²) in [6.45, 7) is 8.23. The monoisotopic (exact) mass is 311 g/mol. The lowest BCUT2D eigenvalue weighted by molar-refractivity contribution is 0.273. The Hall–Kier alpha value is -0.0700. The van der Waals surface area contributed by atoms with Gasteiger partial charge in [-0.2, -0.15) is 4.74 Å². The summed E-state index contributed by atoms with van der Waals surface area (Å²) in [6, 6.07) is 0. The van der Waals surface area contributed by atoms with E-state index in [1.54, 1.807) is 13.8 Å². The van der Waals surface area contributed by atoms with E-state index >= 15 is 0 Å². The molecule has 0 spiro atoms. The third kappa shape index (κ3) is 3.96. The van der Waals surface area contributed by atoms with Crippen LogP contribution < -0.4 is 5.56 Å². The van der Waals surface area contributed by atoms with Crippen molar-refractivity contribution >= 4 is 28.9 Å². The van der Waals surface area contributed by atoms with Gasteiger partial charge >= 0.3 is 0 Å². The molecule has 5 nitrogen and oxygen atoms in total. The van der Waals surface area contributed by atoms with Gasteiger partial charge in [0.05, 0.1) is 18.8 Å². The van der Waals surface area contributed by atoms with Crippen LogP contribution in [-0.2, 0) is 26.7 Å². The highest BCUT2D eigenvalue weighted by atomic mass is 32.9. The van der Waals surface area contributed by atoms with Gasteiger partial charge in [-0.15, -0.1) is 0 Å². The van der Waals surface area contributed by atoms with E-state index < -0.39 is 5.69 Å². The summed E-state index contributed by atoms with van der Waals surface area (Å²) in [5, 5.41) is 0. The molecule has 104 valence electrons. The standard InChI is InChI=1S/C10H18NO4PS2/c1-5-13-16(17,14-6-2)18-7-11-10(12)8(3)9(4)15-11/h5-7H2,1-4H3. The largest absolute Gasteiger partial charge is 0.380 e. The third-order valence-corrected chi connectivity index (χ3v) is 7.55. The van der Waals surface area contributed by atoms with Gasteiger partial charge in [0.25, 0.3) is 5.56 Å². The third-order valence-electron chi connectivity index (χ3n) is 2.23. The topological polar surface area (TPSA) is 53.6 Å². The fraction of sp³-hybridized carbons (Fsp3) is 0.700. The second-order valence-corrected chi connectivity index (χ2v) is 9.78. The van der Waals surface area contributed by atoms with Gasteiger partial charge in [-0.05, 0) is 50.9 Å². The van der Waals surface area contributed by atoms with E-state index in [1.165, 1.54) is 16.1 Å². The maximum Gasteiger partial charge on any atom is 0.286 e. The summed E-state index contributed by atoms with van der Waals surface area (Å²) >= 11 is 6.67. The van der Waals surface area contributed by atoms with Crippen LogP contribution in [0.4, 0.5) is 0 Å². The van der Waals surface area contributed by atoms with Crippen LogP contribution in [0.2, 0.25) is 0 Å². The van der Waals surface area contributed by atoms with Crippen molar-refractivity contribution in [2.24, 2.45) is 0 Å². The second-order valence-electron chi connectivity index (χ2n) is 3.50. The Morgan fingerprint density at radius 1 is 1.33 bits per heavy atom. The van der Waals surface area contributed by atoms with E-state index in [4.69, 9.17) is 25.4 Å². The molecule has 0 bridgehead atoms. The van der Waals surface area contributed by atoms with Gasteiger partial charge in [0, 0.05) is 0 Å². The molecule has 0 atom stereocenters. The lowest BCUT2D eigenvalue weighted by Gasteiger charge is -2.19. The van der Waals surface area contributed by atoms with E-state index in [2.05, 4.69) is 0 Å². The lowest BCUT2D eigenvalue weighted by Crippen LogP contribution is -2.14. The number of nitrogens with zero attached hydrogens (tertiary/aromatic N) is 1. The highest BCUT2D eigenvalue weighted by Crippen LogP contribution is 2.61. The molecule has 1 aromatic heterocycles. The number of hydrogen-bond acceptors (Lipinski definition) is 6. The highest BCUT2D eigenvalue weighted by Gasteiger charge is 2.20. The van der Waals surface area contributed by atoms with Gasteiger partial charge in [-0.25, -0.2) is 0 Å². The Balaban J connectivity index is 2.76. The Labute approximate surface area is 116 Å². The average Bonchev–Trinajstić information content (AvgIpc) is 2.55. The summed E-state index contributed by atoms with van der Waals surface area (Å²) in [5.41, 5.74) is -1.89.